The Morgan fingerprint density at radius 3 is 2.34 bits per heavy atom. The molecule has 0 atom stereocenters. The van der Waals surface area contributed by atoms with Crippen LogP contribution in [-0.2, 0) is 21.9 Å². The monoisotopic (exact) mass is 653 g/mol. The van der Waals surface area contributed by atoms with Gasteiger partial charge < -0.3 is 5.32 Å². The van der Waals surface area contributed by atoms with E-state index in [0.717, 1.165) is 28.9 Å². The predicted molar refractivity (Wildman–Crippen MR) is 178 cm³/mol. The molecule has 2 N–H and O–H groups in total. The molecule has 1 saturated heterocycles. The smallest absolute Gasteiger partial charge is 0.308 e. The highest BCUT2D eigenvalue weighted by atomic mass is 35.5. The Bertz CT molecular complexity index is 1760. The number of carbonyl (C=O) groups is 1. The van der Waals surface area contributed by atoms with E-state index in [0.29, 0.717) is 48.4 Å². The lowest BCUT2D eigenvalue weighted by molar-refractivity contribution is 0.262. The average molecular weight is 655 g/mol. The van der Waals surface area contributed by atoms with Crippen LogP contribution in [-0.4, -0.2) is 41.6 Å². The molecule has 2 amide bonds. The minimum absolute atomic E-state index is 0.0405. The van der Waals surface area contributed by atoms with Gasteiger partial charge in [0.05, 0.1) is 16.4 Å². The van der Waals surface area contributed by atoms with Crippen LogP contribution in [0.5, 0.6) is 0 Å². The standard InChI is InChI=1S/C33H37Cl2N5O3S/c1-22-8-11-27(12-9-22)40-31(21-30(38-40)33(2,3)4)37-32(41)36-26-7-5-6-24(19-26)18-23-14-16-39(17-15-23)44(42,43)29-20-25(34)10-13-28(29)35/h5-13,19-21,23H,14-18H2,1-4H3,(H2,36,37,41). The second kappa shape index (κ2) is 12.9. The normalized spacial score (nSPS) is 14.9. The van der Waals surface area contributed by atoms with Crippen molar-refractivity contribution in [3.63, 3.8) is 0 Å². The van der Waals surface area contributed by atoms with Crippen molar-refractivity contribution in [2.75, 3.05) is 23.7 Å². The van der Waals surface area contributed by atoms with Gasteiger partial charge in [-0.2, -0.15) is 9.40 Å². The summed E-state index contributed by atoms with van der Waals surface area (Å²) in [6.07, 6.45) is 2.21. The van der Waals surface area contributed by atoms with Gasteiger partial charge >= 0.3 is 6.03 Å². The number of benzene rings is 3. The lowest BCUT2D eigenvalue weighted by atomic mass is 9.91. The molecule has 0 unspecified atom stereocenters. The van der Waals surface area contributed by atoms with Gasteiger partial charge in [-0.05, 0) is 80.1 Å². The Labute approximate surface area is 269 Å². The zero-order valence-electron chi connectivity index (χ0n) is 25.3. The quantitative estimate of drug-likeness (QED) is 0.211. The van der Waals surface area contributed by atoms with Crippen molar-refractivity contribution < 1.29 is 13.2 Å². The van der Waals surface area contributed by atoms with Gasteiger partial charge in [0.25, 0.3) is 0 Å². The van der Waals surface area contributed by atoms with Gasteiger partial charge in [0, 0.05) is 35.3 Å². The third-order valence-corrected chi connectivity index (χ3v) is 10.4. The van der Waals surface area contributed by atoms with Crippen LogP contribution in [0.1, 0.15) is 50.4 Å². The van der Waals surface area contributed by atoms with Crippen LogP contribution in [0.4, 0.5) is 16.3 Å². The number of aryl methyl sites for hydroxylation is 1. The van der Waals surface area contributed by atoms with Crippen LogP contribution < -0.4 is 10.6 Å². The van der Waals surface area contributed by atoms with E-state index in [1.165, 1.54) is 16.4 Å². The molecule has 0 spiro atoms. The Morgan fingerprint density at radius 1 is 0.955 bits per heavy atom. The SMILES string of the molecule is Cc1ccc(-n2nc(C(C)(C)C)cc2NC(=O)Nc2cccc(CC3CCN(S(=O)(=O)c4cc(Cl)ccc4Cl)CC3)c2)cc1. The molecule has 0 saturated carbocycles. The predicted octanol–water partition coefficient (Wildman–Crippen LogP) is 8.07. The Kier molecular flexibility index (Phi) is 9.41. The largest absolute Gasteiger partial charge is 0.324 e. The number of halogens is 2. The van der Waals surface area contributed by atoms with Crippen molar-refractivity contribution in [1.29, 1.82) is 0 Å². The number of nitrogens with zero attached hydrogens (tertiary/aromatic N) is 3. The molecule has 0 radical (unpaired) electrons. The minimum Gasteiger partial charge on any atom is -0.308 e. The van der Waals surface area contributed by atoms with Gasteiger partial charge in [0.2, 0.25) is 10.0 Å². The highest BCUT2D eigenvalue weighted by molar-refractivity contribution is 7.89. The first kappa shape index (κ1) is 32.0. The summed E-state index contributed by atoms with van der Waals surface area (Å²) < 4.78 is 29.6. The zero-order chi connectivity index (χ0) is 31.6. The molecule has 0 aliphatic carbocycles. The lowest BCUT2D eigenvalue weighted by Gasteiger charge is -2.31. The molecule has 44 heavy (non-hydrogen) atoms. The fourth-order valence-corrected chi connectivity index (χ4v) is 7.48. The van der Waals surface area contributed by atoms with E-state index in [-0.39, 0.29) is 21.4 Å². The molecule has 1 aliphatic heterocycles. The molecule has 2 heterocycles. The number of hydrogen-bond acceptors (Lipinski definition) is 4. The first-order valence-corrected chi connectivity index (χ1v) is 16.8. The fourth-order valence-electron chi connectivity index (χ4n) is 5.28. The van der Waals surface area contributed by atoms with Gasteiger partial charge in [0.1, 0.15) is 10.7 Å². The van der Waals surface area contributed by atoms with Crippen LogP contribution in [0.25, 0.3) is 5.69 Å². The van der Waals surface area contributed by atoms with Crippen molar-refractivity contribution in [3.8, 4) is 5.69 Å². The number of urea groups is 1. The van der Waals surface area contributed by atoms with E-state index in [4.69, 9.17) is 28.3 Å². The molecule has 3 aromatic carbocycles. The minimum atomic E-state index is -3.73. The molecule has 232 valence electrons. The van der Waals surface area contributed by atoms with E-state index in [1.807, 2.05) is 61.5 Å². The molecule has 5 rings (SSSR count). The summed E-state index contributed by atoms with van der Waals surface area (Å²) in [7, 11) is -3.73. The molecule has 11 heteroatoms. The highest BCUT2D eigenvalue weighted by Crippen LogP contribution is 2.32. The summed E-state index contributed by atoms with van der Waals surface area (Å²) in [5.74, 6) is 0.883. The number of aromatic nitrogens is 2. The van der Waals surface area contributed by atoms with Crippen LogP contribution >= 0.6 is 23.2 Å². The van der Waals surface area contributed by atoms with E-state index in [9.17, 15) is 13.2 Å². The van der Waals surface area contributed by atoms with Crippen molar-refractivity contribution >= 4 is 50.8 Å². The first-order valence-electron chi connectivity index (χ1n) is 14.6. The third kappa shape index (κ3) is 7.46. The van der Waals surface area contributed by atoms with E-state index >= 15 is 0 Å². The van der Waals surface area contributed by atoms with Gasteiger partial charge in [-0.15, -0.1) is 0 Å². The number of sulfonamides is 1. The number of hydrogen-bond donors (Lipinski definition) is 2. The summed E-state index contributed by atoms with van der Waals surface area (Å²) in [4.78, 5) is 13.2. The highest BCUT2D eigenvalue weighted by Gasteiger charge is 2.31. The molecule has 4 aromatic rings. The van der Waals surface area contributed by atoms with Gasteiger partial charge in [-0.1, -0.05) is 73.8 Å². The summed E-state index contributed by atoms with van der Waals surface area (Å²) in [6, 6.07) is 21.8. The molecule has 0 bridgehead atoms. The number of rotatable bonds is 7. The van der Waals surface area contributed by atoms with Crippen LogP contribution in [0.3, 0.4) is 0 Å². The number of nitrogens with one attached hydrogen (secondary N) is 2. The van der Waals surface area contributed by atoms with Crippen LogP contribution in [0.15, 0.2) is 77.7 Å². The lowest BCUT2D eigenvalue weighted by Crippen LogP contribution is -2.39. The molecule has 1 aromatic heterocycles. The maximum absolute atomic E-state index is 13.2. The van der Waals surface area contributed by atoms with Crippen molar-refractivity contribution in [1.82, 2.24) is 14.1 Å². The zero-order valence-corrected chi connectivity index (χ0v) is 27.6. The summed E-state index contributed by atoms with van der Waals surface area (Å²) in [5, 5.41) is 11.2. The molecular weight excluding hydrogens is 617 g/mol. The average Bonchev–Trinajstić information content (AvgIpc) is 3.39. The number of amides is 2. The van der Waals surface area contributed by atoms with Gasteiger partial charge in [0.15, 0.2) is 0 Å². The maximum atomic E-state index is 13.2. The molecular formula is C33H37Cl2N5O3S. The van der Waals surface area contributed by atoms with E-state index < -0.39 is 10.0 Å². The third-order valence-electron chi connectivity index (χ3n) is 7.79. The van der Waals surface area contributed by atoms with Crippen molar-refractivity contribution in [2.24, 2.45) is 5.92 Å². The number of anilines is 2. The van der Waals surface area contributed by atoms with Gasteiger partial charge in [-0.25, -0.2) is 17.9 Å². The molecule has 1 fully saturated rings. The number of carbonyl (C=O) groups excluding carboxylic acids is 1. The van der Waals surface area contributed by atoms with E-state index in [2.05, 4.69) is 31.4 Å². The summed E-state index contributed by atoms with van der Waals surface area (Å²) in [5.41, 5.74) is 4.42. The topological polar surface area (TPSA) is 96.3 Å². The Balaban J connectivity index is 1.22. The maximum Gasteiger partial charge on any atom is 0.324 e. The first-order chi connectivity index (χ1) is 20.8. The summed E-state index contributed by atoms with van der Waals surface area (Å²) in [6.45, 7) is 9.09. The Morgan fingerprint density at radius 2 is 1.66 bits per heavy atom. The number of piperidine rings is 1. The fraction of sp³-hybridized carbons (Fsp3) is 0.333. The second-order valence-electron chi connectivity index (χ2n) is 12.3. The van der Waals surface area contributed by atoms with Crippen LogP contribution in [0.2, 0.25) is 10.0 Å². The second-order valence-corrected chi connectivity index (χ2v) is 15.1. The van der Waals surface area contributed by atoms with Gasteiger partial charge in [-0.3, -0.25) is 5.32 Å². The van der Waals surface area contributed by atoms with Crippen molar-refractivity contribution in [2.45, 2.75) is 57.3 Å². The summed E-state index contributed by atoms with van der Waals surface area (Å²) >= 11 is 12.2. The Hall–Kier alpha value is -3.37. The molecule has 1 aliphatic rings. The van der Waals surface area contributed by atoms with Crippen LogP contribution in [0, 0.1) is 12.8 Å². The molecule has 8 nitrogen and oxygen atoms in total. The van der Waals surface area contributed by atoms with Crippen molar-refractivity contribution in [3.05, 3.63) is 99.7 Å². The van der Waals surface area contributed by atoms with E-state index in [1.54, 1.807) is 10.7 Å².